The fourth-order valence-electron chi connectivity index (χ4n) is 0.746. The molecule has 0 aliphatic carbocycles. The van der Waals surface area contributed by atoms with Crippen LogP contribution in [0.3, 0.4) is 0 Å². The van der Waals surface area contributed by atoms with E-state index in [0.29, 0.717) is 5.92 Å². The lowest BCUT2D eigenvalue weighted by molar-refractivity contribution is 0.567. The van der Waals surface area contributed by atoms with Crippen LogP contribution in [0.4, 0.5) is 0 Å². The maximum absolute atomic E-state index is 5.94. The van der Waals surface area contributed by atoms with E-state index in [2.05, 4.69) is 13.8 Å². The quantitative estimate of drug-likeness (QED) is 0.560. The van der Waals surface area contributed by atoms with Crippen molar-refractivity contribution in [1.29, 1.82) is 0 Å². The Morgan fingerprint density at radius 1 is 1.55 bits per heavy atom. The van der Waals surface area contributed by atoms with Gasteiger partial charge in [-0.05, 0) is 25.3 Å². The number of allylic oxidation sites excluding steroid dienone is 4. The van der Waals surface area contributed by atoms with E-state index in [-0.39, 0.29) is 0 Å². The average molecular weight is 173 g/mol. The highest BCUT2D eigenvalue weighted by Crippen LogP contribution is 2.17. The number of hydrogen-bond acceptors (Lipinski definition) is 0. The van der Waals surface area contributed by atoms with Crippen LogP contribution in [-0.2, 0) is 0 Å². The van der Waals surface area contributed by atoms with Gasteiger partial charge in [0.2, 0.25) is 0 Å². The molecular formula is C10H17Cl. The molecule has 1 heteroatoms. The second kappa shape index (κ2) is 6.48. The van der Waals surface area contributed by atoms with Crippen molar-refractivity contribution in [2.45, 2.75) is 33.6 Å². The highest BCUT2D eigenvalue weighted by Gasteiger charge is 1.99. The van der Waals surface area contributed by atoms with Gasteiger partial charge in [0.25, 0.3) is 0 Å². The van der Waals surface area contributed by atoms with Crippen molar-refractivity contribution >= 4 is 11.6 Å². The smallest absolute Gasteiger partial charge is 0.0183 e. The third-order valence-corrected chi connectivity index (χ3v) is 1.99. The van der Waals surface area contributed by atoms with Crippen LogP contribution in [-0.4, -0.2) is 0 Å². The van der Waals surface area contributed by atoms with E-state index in [1.165, 1.54) is 6.42 Å². The van der Waals surface area contributed by atoms with E-state index in [9.17, 15) is 0 Å². The van der Waals surface area contributed by atoms with Crippen molar-refractivity contribution < 1.29 is 0 Å². The summed E-state index contributed by atoms with van der Waals surface area (Å²) in [5, 5.41) is 0.956. The monoisotopic (exact) mass is 172 g/mol. The summed E-state index contributed by atoms with van der Waals surface area (Å²) in [6.07, 6.45) is 8.12. The first kappa shape index (κ1) is 10.8. The zero-order valence-corrected chi connectivity index (χ0v) is 8.36. The van der Waals surface area contributed by atoms with Gasteiger partial charge in [-0.3, -0.25) is 0 Å². The molecule has 0 radical (unpaired) electrons. The SMILES string of the molecule is CC=CC=C(Cl)CC(C)CC. The van der Waals surface area contributed by atoms with Gasteiger partial charge in [-0.25, -0.2) is 0 Å². The minimum Gasteiger partial charge on any atom is -0.0891 e. The molecule has 0 aromatic carbocycles. The molecule has 0 aromatic rings. The summed E-state index contributed by atoms with van der Waals surface area (Å²) in [6, 6.07) is 0. The van der Waals surface area contributed by atoms with Gasteiger partial charge in [0, 0.05) is 5.03 Å². The zero-order valence-electron chi connectivity index (χ0n) is 7.60. The van der Waals surface area contributed by atoms with Gasteiger partial charge in [-0.2, -0.15) is 0 Å². The van der Waals surface area contributed by atoms with E-state index in [0.717, 1.165) is 11.5 Å². The summed E-state index contributed by atoms with van der Waals surface area (Å²) in [4.78, 5) is 0. The van der Waals surface area contributed by atoms with Crippen molar-refractivity contribution in [1.82, 2.24) is 0 Å². The summed E-state index contributed by atoms with van der Waals surface area (Å²) < 4.78 is 0. The van der Waals surface area contributed by atoms with Gasteiger partial charge in [-0.1, -0.05) is 44.0 Å². The van der Waals surface area contributed by atoms with Crippen LogP contribution in [0.2, 0.25) is 0 Å². The normalized spacial score (nSPS) is 15.8. The van der Waals surface area contributed by atoms with Crippen molar-refractivity contribution in [3.8, 4) is 0 Å². The van der Waals surface area contributed by atoms with Gasteiger partial charge < -0.3 is 0 Å². The Labute approximate surface area is 74.9 Å². The molecule has 0 saturated carbocycles. The first-order valence-electron chi connectivity index (χ1n) is 4.18. The molecular weight excluding hydrogens is 156 g/mol. The molecule has 0 aliphatic rings. The summed E-state index contributed by atoms with van der Waals surface area (Å²) >= 11 is 5.94. The molecule has 0 rings (SSSR count). The first-order valence-corrected chi connectivity index (χ1v) is 4.55. The number of rotatable bonds is 4. The maximum atomic E-state index is 5.94. The van der Waals surface area contributed by atoms with Gasteiger partial charge in [0.05, 0.1) is 0 Å². The van der Waals surface area contributed by atoms with Gasteiger partial charge in [-0.15, -0.1) is 0 Å². The van der Waals surface area contributed by atoms with Crippen LogP contribution in [0.1, 0.15) is 33.6 Å². The van der Waals surface area contributed by atoms with Gasteiger partial charge in [0.1, 0.15) is 0 Å². The van der Waals surface area contributed by atoms with Gasteiger partial charge >= 0.3 is 0 Å². The Bertz CT molecular complexity index is 145. The fraction of sp³-hybridized carbons (Fsp3) is 0.600. The molecule has 0 aliphatic heterocycles. The van der Waals surface area contributed by atoms with Crippen LogP contribution in [0, 0.1) is 5.92 Å². The minimum atomic E-state index is 0.698. The second-order valence-electron chi connectivity index (χ2n) is 2.86. The van der Waals surface area contributed by atoms with E-state index < -0.39 is 0 Å². The average Bonchev–Trinajstić information content (AvgIpc) is 2.00. The largest absolute Gasteiger partial charge is 0.0891 e. The molecule has 1 atom stereocenters. The topological polar surface area (TPSA) is 0 Å². The molecule has 64 valence electrons. The summed E-state index contributed by atoms with van der Waals surface area (Å²) in [5.74, 6) is 0.698. The van der Waals surface area contributed by atoms with Crippen LogP contribution in [0.15, 0.2) is 23.3 Å². The maximum Gasteiger partial charge on any atom is 0.0183 e. The Hall–Kier alpha value is -0.230. The Kier molecular flexibility index (Phi) is 6.34. The van der Waals surface area contributed by atoms with E-state index >= 15 is 0 Å². The third-order valence-electron chi connectivity index (χ3n) is 1.71. The lowest BCUT2D eigenvalue weighted by atomic mass is 10.1. The van der Waals surface area contributed by atoms with Crippen LogP contribution in [0.25, 0.3) is 0 Å². The van der Waals surface area contributed by atoms with Crippen LogP contribution in [0.5, 0.6) is 0 Å². The standard InChI is InChI=1S/C10H17Cl/c1-4-6-7-10(11)8-9(3)5-2/h4,6-7,9H,5,8H2,1-3H3. The molecule has 0 amide bonds. The van der Waals surface area contributed by atoms with Crippen molar-refractivity contribution in [2.75, 3.05) is 0 Å². The summed E-state index contributed by atoms with van der Waals surface area (Å²) in [7, 11) is 0. The lowest BCUT2D eigenvalue weighted by Crippen LogP contribution is -1.90. The molecule has 0 nitrogen and oxygen atoms in total. The Balaban J connectivity index is 3.75. The third kappa shape index (κ3) is 6.18. The minimum absolute atomic E-state index is 0.698. The zero-order chi connectivity index (χ0) is 8.69. The molecule has 0 heterocycles. The number of hydrogen-bond donors (Lipinski definition) is 0. The molecule has 0 bridgehead atoms. The summed E-state index contributed by atoms with van der Waals surface area (Å²) in [6.45, 7) is 6.39. The lowest BCUT2D eigenvalue weighted by Gasteiger charge is -2.05. The number of halogens is 1. The van der Waals surface area contributed by atoms with Gasteiger partial charge in [0.15, 0.2) is 0 Å². The molecule has 0 aromatic heterocycles. The van der Waals surface area contributed by atoms with Crippen molar-refractivity contribution in [3.05, 3.63) is 23.3 Å². The molecule has 0 spiro atoms. The second-order valence-corrected chi connectivity index (χ2v) is 3.34. The predicted molar refractivity (Wildman–Crippen MR) is 52.8 cm³/mol. The van der Waals surface area contributed by atoms with E-state index in [1.54, 1.807) is 0 Å². The molecule has 0 fully saturated rings. The molecule has 0 N–H and O–H groups in total. The van der Waals surface area contributed by atoms with Crippen molar-refractivity contribution in [2.24, 2.45) is 5.92 Å². The highest BCUT2D eigenvalue weighted by molar-refractivity contribution is 6.29. The van der Waals surface area contributed by atoms with Crippen LogP contribution < -0.4 is 0 Å². The van der Waals surface area contributed by atoms with Crippen molar-refractivity contribution in [3.63, 3.8) is 0 Å². The first-order chi connectivity index (χ1) is 5.20. The molecule has 11 heavy (non-hydrogen) atoms. The van der Waals surface area contributed by atoms with E-state index in [4.69, 9.17) is 11.6 Å². The predicted octanol–water partition coefficient (Wildman–Crippen LogP) is 4.12. The molecule has 1 unspecified atom stereocenters. The molecule has 0 saturated heterocycles. The van der Waals surface area contributed by atoms with E-state index in [1.807, 2.05) is 25.2 Å². The highest BCUT2D eigenvalue weighted by atomic mass is 35.5. The summed E-state index contributed by atoms with van der Waals surface area (Å²) in [5.41, 5.74) is 0. The van der Waals surface area contributed by atoms with Crippen LogP contribution >= 0.6 is 11.6 Å². The fourth-order valence-corrected chi connectivity index (χ4v) is 1.08. The Morgan fingerprint density at radius 3 is 2.64 bits per heavy atom. The Morgan fingerprint density at radius 2 is 2.18 bits per heavy atom.